The highest BCUT2D eigenvalue weighted by Gasteiger charge is 2.40. The lowest BCUT2D eigenvalue weighted by molar-refractivity contribution is -0.136. The summed E-state index contributed by atoms with van der Waals surface area (Å²) in [6.45, 7) is 5.80. The molecule has 3 fully saturated rings. The van der Waals surface area contributed by atoms with E-state index in [1.165, 1.54) is 18.4 Å². The van der Waals surface area contributed by atoms with E-state index >= 15 is 0 Å². The van der Waals surface area contributed by atoms with Gasteiger partial charge in [0.1, 0.15) is 6.04 Å². The van der Waals surface area contributed by atoms with Crippen LogP contribution in [0, 0.1) is 11.8 Å². The predicted molar refractivity (Wildman–Crippen MR) is 107 cm³/mol. The smallest absolute Gasteiger partial charge is 0.255 e. The summed E-state index contributed by atoms with van der Waals surface area (Å²) in [4.78, 5) is 40.9. The fraction of sp³-hybridized carbons (Fsp3) is 0.591. The van der Waals surface area contributed by atoms with Crippen LogP contribution in [0.4, 0.5) is 0 Å². The number of piperidine rings is 3. The normalized spacial score (nSPS) is 30.1. The van der Waals surface area contributed by atoms with Gasteiger partial charge in [0.15, 0.2) is 0 Å². The van der Waals surface area contributed by atoms with Crippen LogP contribution in [0.15, 0.2) is 18.2 Å². The Hall–Kier alpha value is -2.25. The van der Waals surface area contributed by atoms with Crippen LogP contribution in [0.5, 0.6) is 0 Å². The molecule has 4 heterocycles. The molecule has 4 aliphatic heterocycles. The number of hydrogen-bond acceptors (Lipinski definition) is 5. The number of imide groups is 1. The molecule has 2 N–H and O–H groups in total. The van der Waals surface area contributed by atoms with E-state index in [-0.39, 0.29) is 24.1 Å². The first-order chi connectivity index (χ1) is 14.1. The number of carbonyl (C=O) groups excluding carboxylic acids is 3. The molecule has 4 aliphatic rings. The van der Waals surface area contributed by atoms with E-state index in [4.69, 9.17) is 0 Å². The van der Waals surface area contributed by atoms with Gasteiger partial charge in [0.25, 0.3) is 5.91 Å². The molecule has 0 bridgehead atoms. The monoisotopic (exact) mass is 396 g/mol. The number of carbonyl (C=O) groups is 3. The summed E-state index contributed by atoms with van der Waals surface area (Å²) in [5, 5.41) is 5.89. The molecule has 0 saturated carbocycles. The number of likely N-dealkylation sites (tertiary alicyclic amines) is 1. The fourth-order valence-electron chi connectivity index (χ4n) is 5.51. The van der Waals surface area contributed by atoms with E-state index in [0.29, 0.717) is 18.5 Å². The van der Waals surface area contributed by atoms with Gasteiger partial charge in [-0.05, 0) is 67.9 Å². The summed E-state index contributed by atoms with van der Waals surface area (Å²) < 4.78 is 0. The van der Waals surface area contributed by atoms with Gasteiger partial charge in [-0.25, -0.2) is 0 Å². The maximum Gasteiger partial charge on any atom is 0.255 e. The molecule has 1 aromatic rings. The molecule has 0 spiro atoms. The molecule has 0 aromatic heterocycles. The number of rotatable bonds is 3. The summed E-state index contributed by atoms with van der Waals surface area (Å²) in [7, 11) is 0. The van der Waals surface area contributed by atoms with Crippen molar-refractivity contribution in [1.82, 2.24) is 20.4 Å². The van der Waals surface area contributed by atoms with Gasteiger partial charge >= 0.3 is 0 Å². The largest absolute Gasteiger partial charge is 0.322 e. The van der Waals surface area contributed by atoms with E-state index in [0.717, 1.165) is 50.1 Å². The third kappa shape index (κ3) is 3.46. The Morgan fingerprint density at radius 2 is 1.97 bits per heavy atom. The summed E-state index contributed by atoms with van der Waals surface area (Å²) in [6, 6.07) is 5.39. The number of nitrogens with one attached hydrogen (secondary N) is 2. The fourth-order valence-corrected chi connectivity index (χ4v) is 5.51. The van der Waals surface area contributed by atoms with Crippen molar-refractivity contribution in [3.05, 3.63) is 34.9 Å². The molecule has 1 aromatic carbocycles. The van der Waals surface area contributed by atoms with Gasteiger partial charge < -0.3 is 10.2 Å². The topological polar surface area (TPSA) is 81.8 Å². The molecular formula is C22H28N4O3. The minimum Gasteiger partial charge on any atom is -0.322 e. The summed E-state index contributed by atoms with van der Waals surface area (Å²) >= 11 is 0. The third-order valence-corrected chi connectivity index (χ3v) is 7.15. The molecule has 7 heteroatoms. The molecule has 3 saturated heterocycles. The van der Waals surface area contributed by atoms with Crippen molar-refractivity contribution in [2.24, 2.45) is 11.8 Å². The van der Waals surface area contributed by atoms with Crippen molar-refractivity contribution in [3.8, 4) is 0 Å². The lowest BCUT2D eigenvalue weighted by Gasteiger charge is -2.41. The Morgan fingerprint density at radius 3 is 2.83 bits per heavy atom. The van der Waals surface area contributed by atoms with E-state index in [9.17, 15) is 14.4 Å². The van der Waals surface area contributed by atoms with Gasteiger partial charge in [-0.1, -0.05) is 12.1 Å². The zero-order valence-electron chi connectivity index (χ0n) is 16.7. The van der Waals surface area contributed by atoms with Gasteiger partial charge in [0, 0.05) is 31.6 Å². The van der Waals surface area contributed by atoms with Crippen molar-refractivity contribution >= 4 is 17.7 Å². The Bertz CT molecular complexity index is 854. The molecule has 0 aliphatic carbocycles. The van der Waals surface area contributed by atoms with Crippen molar-refractivity contribution < 1.29 is 14.4 Å². The molecule has 3 amide bonds. The highest BCUT2D eigenvalue weighted by Crippen LogP contribution is 2.33. The molecular weight excluding hydrogens is 368 g/mol. The maximum atomic E-state index is 13.0. The van der Waals surface area contributed by atoms with Gasteiger partial charge in [0.05, 0.1) is 0 Å². The Balaban J connectivity index is 1.32. The van der Waals surface area contributed by atoms with Crippen molar-refractivity contribution in [3.63, 3.8) is 0 Å². The van der Waals surface area contributed by atoms with E-state index < -0.39 is 6.04 Å². The number of benzene rings is 1. The third-order valence-electron chi connectivity index (χ3n) is 7.15. The average Bonchev–Trinajstić information content (AvgIpc) is 3.06. The maximum absolute atomic E-state index is 13.0. The SMILES string of the molecule is O=C1CCC(N2Cc3c(CN4CC[C@@H]5CNCC[C@@H]5C4)cccc3C2=O)C(=O)N1. The van der Waals surface area contributed by atoms with Gasteiger partial charge in [-0.2, -0.15) is 0 Å². The molecule has 1 unspecified atom stereocenters. The summed E-state index contributed by atoms with van der Waals surface area (Å²) in [5.74, 6) is 0.872. The summed E-state index contributed by atoms with van der Waals surface area (Å²) in [5.41, 5.74) is 2.96. The lowest BCUT2D eigenvalue weighted by Crippen LogP contribution is -2.52. The minimum atomic E-state index is -0.550. The second-order valence-electron chi connectivity index (χ2n) is 8.88. The molecule has 7 nitrogen and oxygen atoms in total. The summed E-state index contributed by atoms with van der Waals surface area (Å²) in [6.07, 6.45) is 3.17. The van der Waals surface area contributed by atoms with Crippen molar-refractivity contribution in [2.75, 3.05) is 26.2 Å². The highest BCUT2D eigenvalue weighted by molar-refractivity contribution is 6.05. The zero-order chi connectivity index (χ0) is 20.0. The number of amides is 3. The van der Waals surface area contributed by atoms with Crippen LogP contribution < -0.4 is 10.6 Å². The zero-order valence-corrected chi connectivity index (χ0v) is 16.7. The second kappa shape index (κ2) is 7.54. The van der Waals surface area contributed by atoms with Crippen LogP contribution in [-0.2, 0) is 22.7 Å². The minimum absolute atomic E-state index is 0.0894. The highest BCUT2D eigenvalue weighted by atomic mass is 16.2. The number of fused-ring (bicyclic) bond motifs is 2. The van der Waals surface area contributed by atoms with E-state index in [1.54, 1.807) is 4.90 Å². The lowest BCUT2D eigenvalue weighted by atomic mass is 9.81. The molecule has 5 rings (SSSR count). The van der Waals surface area contributed by atoms with Crippen LogP contribution in [0.25, 0.3) is 0 Å². The Labute approximate surface area is 170 Å². The van der Waals surface area contributed by atoms with Crippen LogP contribution in [0.2, 0.25) is 0 Å². The first-order valence-corrected chi connectivity index (χ1v) is 10.8. The molecule has 3 atom stereocenters. The van der Waals surface area contributed by atoms with Gasteiger partial charge in [-0.15, -0.1) is 0 Å². The van der Waals surface area contributed by atoms with E-state index in [2.05, 4.69) is 21.6 Å². The predicted octanol–water partition coefficient (Wildman–Crippen LogP) is 0.879. The Morgan fingerprint density at radius 1 is 1.07 bits per heavy atom. The molecule has 29 heavy (non-hydrogen) atoms. The van der Waals surface area contributed by atoms with Crippen molar-refractivity contribution in [2.45, 2.75) is 44.8 Å². The van der Waals surface area contributed by atoms with Crippen LogP contribution in [0.3, 0.4) is 0 Å². The first-order valence-electron chi connectivity index (χ1n) is 10.8. The van der Waals surface area contributed by atoms with E-state index in [1.807, 2.05) is 12.1 Å². The van der Waals surface area contributed by atoms with Gasteiger partial charge in [0.2, 0.25) is 11.8 Å². The van der Waals surface area contributed by atoms with Crippen LogP contribution >= 0.6 is 0 Å². The Kier molecular flexibility index (Phi) is 4.87. The number of hydrogen-bond donors (Lipinski definition) is 2. The average molecular weight is 396 g/mol. The molecule has 154 valence electrons. The van der Waals surface area contributed by atoms with Crippen molar-refractivity contribution in [1.29, 1.82) is 0 Å². The second-order valence-corrected chi connectivity index (χ2v) is 8.88. The number of nitrogens with zero attached hydrogens (tertiary/aromatic N) is 2. The quantitative estimate of drug-likeness (QED) is 0.742. The standard InChI is InChI=1S/C22H28N4O3/c27-20-5-4-19(21(28)24-20)26-13-18-16(2-1-3-17(18)22(26)29)12-25-9-7-14-10-23-8-6-15(14)11-25/h1-3,14-15,19,23H,4-13H2,(H,24,27,28)/t14-,15-,19?/m1/s1. The van der Waals surface area contributed by atoms with Crippen LogP contribution in [-0.4, -0.2) is 59.7 Å². The van der Waals surface area contributed by atoms with Crippen LogP contribution in [0.1, 0.15) is 47.2 Å². The van der Waals surface area contributed by atoms with Gasteiger partial charge in [-0.3, -0.25) is 24.6 Å². The first kappa shape index (κ1) is 18.8. The molecule has 0 radical (unpaired) electrons.